The van der Waals surface area contributed by atoms with Gasteiger partial charge in [-0.3, -0.25) is 4.79 Å². The normalized spacial score (nSPS) is 17.3. The molecule has 3 aromatic carbocycles. The second-order valence-corrected chi connectivity index (χ2v) is 8.20. The molecule has 0 bridgehead atoms. The fourth-order valence-corrected chi connectivity index (χ4v) is 4.07. The summed E-state index contributed by atoms with van der Waals surface area (Å²) in [6, 6.07) is 10.5. The van der Waals surface area contributed by atoms with Gasteiger partial charge >= 0.3 is 11.9 Å². The number of carbonyl (C=O) groups is 2. The number of aryl methyl sites for hydroxylation is 1. The minimum atomic E-state index is -1.64. The molecule has 35 heavy (non-hydrogen) atoms. The molecular formula is C25H22O10. The zero-order valence-corrected chi connectivity index (χ0v) is 18.4. The van der Waals surface area contributed by atoms with Gasteiger partial charge < -0.3 is 40.1 Å². The van der Waals surface area contributed by atoms with Crippen molar-refractivity contribution in [2.24, 2.45) is 0 Å². The van der Waals surface area contributed by atoms with Crippen LogP contribution in [0.25, 0.3) is 0 Å². The lowest BCUT2D eigenvalue weighted by atomic mass is 9.88. The van der Waals surface area contributed by atoms with Gasteiger partial charge in [-0.1, -0.05) is 18.2 Å². The third kappa shape index (κ3) is 4.45. The molecule has 4 rings (SSSR count). The number of carboxylic acids is 1. The molecule has 0 aromatic heterocycles. The highest BCUT2D eigenvalue weighted by Crippen LogP contribution is 2.52. The minimum absolute atomic E-state index is 0.0276. The van der Waals surface area contributed by atoms with E-state index in [1.807, 2.05) is 0 Å². The highest BCUT2D eigenvalue weighted by molar-refractivity contribution is 5.86. The lowest BCUT2D eigenvalue weighted by Gasteiger charge is -2.22. The second kappa shape index (κ2) is 8.98. The summed E-state index contributed by atoms with van der Waals surface area (Å²) in [5, 5.41) is 58.8. The Kier molecular flexibility index (Phi) is 6.04. The number of fused-ring (bicyclic) bond motifs is 1. The third-order valence-electron chi connectivity index (χ3n) is 5.83. The molecule has 1 heterocycles. The summed E-state index contributed by atoms with van der Waals surface area (Å²) in [6.07, 6.45) is -3.02. The molecular weight excluding hydrogens is 460 g/mol. The monoisotopic (exact) mass is 482 g/mol. The zero-order chi connectivity index (χ0) is 25.4. The highest BCUT2D eigenvalue weighted by atomic mass is 16.6. The number of phenols is 5. The standard InChI is InChI=1S/C25H22O10/c1-11-2-5-16(28)23-20(11)21(22(35-23)13-4-7-15(27)18(30)10-13)25(33)34-19(24(31)32)9-12-3-6-14(26)17(29)8-12/h2-8,10,19,21-22,26-30H,9H2,1H3,(H,31,32). The minimum Gasteiger partial charge on any atom is -0.504 e. The summed E-state index contributed by atoms with van der Waals surface area (Å²) < 4.78 is 11.2. The first-order valence-electron chi connectivity index (χ1n) is 10.5. The molecule has 0 radical (unpaired) electrons. The summed E-state index contributed by atoms with van der Waals surface area (Å²) >= 11 is 0. The Morgan fingerprint density at radius 3 is 2.14 bits per heavy atom. The van der Waals surface area contributed by atoms with Gasteiger partial charge in [0.15, 0.2) is 34.5 Å². The number of aliphatic carboxylic acids is 1. The molecule has 0 amide bonds. The smallest absolute Gasteiger partial charge is 0.345 e. The van der Waals surface area contributed by atoms with Gasteiger partial charge in [-0.25, -0.2) is 4.79 Å². The summed E-state index contributed by atoms with van der Waals surface area (Å²) in [4.78, 5) is 25.3. The molecule has 1 aliphatic heterocycles. The number of aromatic hydroxyl groups is 5. The SMILES string of the molecule is Cc1ccc(O)c2c1C(C(=O)OC(Cc1ccc(O)c(O)c1)C(=O)O)C(c1ccc(O)c(O)c1)O2. The number of hydrogen-bond acceptors (Lipinski definition) is 9. The van der Waals surface area contributed by atoms with Crippen LogP contribution in [0.5, 0.6) is 34.5 Å². The zero-order valence-electron chi connectivity index (χ0n) is 18.4. The van der Waals surface area contributed by atoms with Crippen molar-refractivity contribution in [2.45, 2.75) is 31.5 Å². The van der Waals surface area contributed by atoms with Crippen LogP contribution in [0, 0.1) is 6.92 Å². The summed E-state index contributed by atoms with van der Waals surface area (Å²) in [7, 11) is 0. The number of phenolic OH excluding ortho intramolecular Hbond substituents is 5. The number of hydrogen-bond donors (Lipinski definition) is 6. The Hall–Kier alpha value is -4.60. The van der Waals surface area contributed by atoms with Gasteiger partial charge in [0.25, 0.3) is 0 Å². The van der Waals surface area contributed by atoms with E-state index in [-0.39, 0.29) is 35.0 Å². The lowest BCUT2D eigenvalue weighted by Crippen LogP contribution is -2.32. The maximum Gasteiger partial charge on any atom is 0.345 e. The van der Waals surface area contributed by atoms with Crippen LogP contribution < -0.4 is 4.74 Å². The van der Waals surface area contributed by atoms with Crippen molar-refractivity contribution in [3.63, 3.8) is 0 Å². The lowest BCUT2D eigenvalue weighted by molar-refractivity contribution is -0.166. The Morgan fingerprint density at radius 1 is 0.886 bits per heavy atom. The molecule has 0 fully saturated rings. The highest BCUT2D eigenvalue weighted by Gasteiger charge is 2.45. The van der Waals surface area contributed by atoms with Crippen molar-refractivity contribution in [1.82, 2.24) is 0 Å². The van der Waals surface area contributed by atoms with E-state index in [0.717, 1.165) is 6.07 Å². The number of ether oxygens (including phenoxy) is 2. The van der Waals surface area contributed by atoms with Crippen LogP contribution in [0.4, 0.5) is 0 Å². The van der Waals surface area contributed by atoms with Gasteiger partial charge in [-0.05, 0) is 53.9 Å². The maximum atomic E-state index is 13.4. The first kappa shape index (κ1) is 23.6. The first-order valence-corrected chi connectivity index (χ1v) is 10.5. The van der Waals surface area contributed by atoms with Crippen molar-refractivity contribution >= 4 is 11.9 Å². The van der Waals surface area contributed by atoms with Crippen molar-refractivity contribution in [1.29, 1.82) is 0 Å². The fraction of sp³-hybridized carbons (Fsp3) is 0.200. The summed E-state index contributed by atoms with van der Waals surface area (Å²) in [5.41, 5.74) is 1.48. The molecule has 10 heteroatoms. The molecule has 3 aromatic rings. The number of carboxylic acid groups (broad SMARTS) is 1. The van der Waals surface area contributed by atoms with E-state index in [1.165, 1.54) is 36.4 Å². The topological polar surface area (TPSA) is 174 Å². The van der Waals surface area contributed by atoms with E-state index in [1.54, 1.807) is 13.0 Å². The van der Waals surface area contributed by atoms with Gasteiger partial charge in [-0.15, -0.1) is 0 Å². The molecule has 3 unspecified atom stereocenters. The molecule has 0 saturated heterocycles. The first-order chi connectivity index (χ1) is 16.6. The van der Waals surface area contributed by atoms with Crippen molar-refractivity contribution in [2.75, 3.05) is 0 Å². The van der Waals surface area contributed by atoms with Gasteiger partial charge in [0.2, 0.25) is 6.10 Å². The number of rotatable bonds is 6. The van der Waals surface area contributed by atoms with Crippen LogP contribution in [-0.4, -0.2) is 48.7 Å². The number of carbonyl (C=O) groups excluding carboxylic acids is 1. The Morgan fingerprint density at radius 2 is 1.51 bits per heavy atom. The van der Waals surface area contributed by atoms with E-state index < -0.39 is 41.6 Å². The molecule has 6 N–H and O–H groups in total. The van der Waals surface area contributed by atoms with Crippen molar-refractivity contribution in [3.05, 3.63) is 70.8 Å². The van der Waals surface area contributed by atoms with Crippen molar-refractivity contribution in [3.8, 4) is 34.5 Å². The van der Waals surface area contributed by atoms with Crippen LogP contribution in [0.1, 0.15) is 34.3 Å². The predicted molar refractivity (Wildman–Crippen MR) is 120 cm³/mol. The van der Waals surface area contributed by atoms with E-state index >= 15 is 0 Å². The maximum absolute atomic E-state index is 13.4. The Balaban J connectivity index is 1.69. The molecule has 0 aliphatic carbocycles. The number of benzene rings is 3. The van der Waals surface area contributed by atoms with Gasteiger partial charge in [0.1, 0.15) is 12.0 Å². The molecule has 3 atom stereocenters. The Labute approximate surface area is 198 Å². The van der Waals surface area contributed by atoms with Crippen LogP contribution in [0.15, 0.2) is 48.5 Å². The largest absolute Gasteiger partial charge is 0.504 e. The van der Waals surface area contributed by atoms with Crippen LogP contribution >= 0.6 is 0 Å². The molecule has 10 nitrogen and oxygen atoms in total. The van der Waals surface area contributed by atoms with Crippen LogP contribution in [-0.2, 0) is 20.7 Å². The predicted octanol–water partition coefficient (Wildman–Crippen LogP) is 2.98. The van der Waals surface area contributed by atoms with Gasteiger partial charge in [0, 0.05) is 12.0 Å². The second-order valence-electron chi connectivity index (χ2n) is 8.20. The fourth-order valence-electron chi connectivity index (χ4n) is 4.07. The van der Waals surface area contributed by atoms with Crippen LogP contribution in [0.2, 0.25) is 0 Å². The quantitative estimate of drug-likeness (QED) is 0.226. The average molecular weight is 482 g/mol. The number of esters is 1. The van der Waals surface area contributed by atoms with E-state index in [4.69, 9.17) is 9.47 Å². The van der Waals surface area contributed by atoms with E-state index in [9.17, 15) is 40.2 Å². The van der Waals surface area contributed by atoms with Crippen LogP contribution in [0.3, 0.4) is 0 Å². The van der Waals surface area contributed by atoms with E-state index in [0.29, 0.717) is 16.7 Å². The van der Waals surface area contributed by atoms with Gasteiger partial charge in [0.05, 0.1) is 0 Å². The Bertz CT molecular complexity index is 1320. The average Bonchev–Trinajstić information content (AvgIpc) is 3.22. The van der Waals surface area contributed by atoms with E-state index in [2.05, 4.69) is 0 Å². The third-order valence-corrected chi connectivity index (χ3v) is 5.83. The molecule has 0 saturated carbocycles. The summed E-state index contributed by atoms with van der Waals surface area (Å²) in [5.74, 6) is -5.46. The molecule has 1 aliphatic rings. The van der Waals surface area contributed by atoms with Crippen molar-refractivity contribution < 1.29 is 49.7 Å². The van der Waals surface area contributed by atoms with Gasteiger partial charge in [-0.2, -0.15) is 0 Å². The summed E-state index contributed by atoms with van der Waals surface area (Å²) in [6.45, 7) is 1.69. The molecule has 182 valence electrons. The molecule has 0 spiro atoms.